The summed E-state index contributed by atoms with van der Waals surface area (Å²) in [5, 5.41) is 0.0762. The van der Waals surface area contributed by atoms with Crippen LogP contribution in [-0.4, -0.2) is 42.9 Å². The second-order valence-corrected chi connectivity index (χ2v) is 7.65. The summed E-state index contributed by atoms with van der Waals surface area (Å²) in [7, 11) is 0. The third-order valence-electron chi connectivity index (χ3n) is 5.31. The normalized spacial score (nSPS) is 17.8. The van der Waals surface area contributed by atoms with Gasteiger partial charge in [-0.1, -0.05) is 55.2 Å². The number of nitrogens with two attached hydrogens (primary N) is 1. The van der Waals surface area contributed by atoms with Crippen LogP contribution in [0.4, 0.5) is 10.1 Å². The Bertz CT molecular complexity index is 969. The fourth-order valence-electron chi connectivity index (χ4n) is 3.68. The van der Waals surface area contributed by atoms with Crippen LogP contribution in [-0.2, 0) is 10.5 Å². The van der Waals surface area contributed by atoms with Crippen molar-refractivity contribution in [3.05, 3.63) is 63.1 Å². The van der Waals surface area contributed by atoms with E-state index < -0.39 is 17.5 Å². The molecule has 1 atom stereocenters. The Balaban J connectivity index is 0.00000320. The summed E-state index contributed by atoms with van der Waals surface area (Å²) < 4.78 is 16.5. The fraction of sp³-hybridized carbons (Fsp3) is 0.333. The average Bonchev–Trinajstić information content (AvgIpc) is 2.91. The molecule has 30 heavy (non-hydrogen) atoms. The molecule has 1 unspecified atom stereocenters. The molecule has 2 aromatic carbocycles. The van der Waals surface area contributed by atoms with Gasteiger partial charge in [0.1, 0.15) is 0 Å². The second-order valence-electron chi connectivity index (χ2n) is 6.84. The maximum atomic E-state index is 16.5. The molecule has 2 N–H and O–H groups in total. The number of amides is 2. The number of rotatable bonds is 7. The van der Waals surface area contributed by atoms with Gasteiger partial charge in [0.05, 0.1) is 10.7 Å². The monoisotopic (exact) mass is 473 g/mol. The molecule has 0 saturated carbocycles. The maximum absolute atomic E-state index is 16.5. The van der Waals surface area contributed by atoms with Gasteiger partial charge in [0.2, 0.25) is 11.6 Å². The van der Waals surface area contributed by atoms with Crippen LogP contribution in [0, 0.1) is 0 Å². The van der Waals surface area contributed by atoms with Crippen LogP contribution in [0.25, 0.3) is 0 Å². The standard InChI is InChI=1S/C21H22Cl2FN3O2.ClH/c1-3-26(4-2)9-10-27-17-12-13(19(25)28)11-16(23)18(17)21(24,20(27)29)14-7-5-6-8-15(14)22;/h5-8,11-12H,3-4,9-10H2,1-2H3,(H2,25,28);1H. The first-order valence-electron chi connectivity index (χ1n) is 9.37. The van der Waals surface area contributed by atoms with E-state index in [1.165, 1.54) is 29.2 Å². The van der Waals surface area contributed by atoms with Gasteiger partial charge in [-0.15, -0.1) is 12.4 Å². The summed E-state index contributed by atoms with van der Waals surface area (Å²) in [6.45, 7) is 6.37. The maximum Gasteiger partial charge on any atom is 0.274 e. The second kappa shape index (κ2) is 9.52. The highest BCUT2D eigenvalue weighted by Gasteiger charge is 2.55. The molecular weight excluding hydrogens is 452 g/mol. The van der Waals surface area contributed by atoms with Gasteiger partial charge in [-0.2, -0.15) is 0 Å². The number of primary amides is 1. The van der Waals surface area contributed by atoms with Crippen molar-refractivity contribution in [2.45, 2.75) is 19.5 Å². The zero-order valence-electron chi connectivity index (χ0n) is 16.6. The molecule has 2 amide bonds. The minimum atomic E-state index is -2.55. The summed E-state index contributed by atoms with van der Waals surface area (Å²) in [4.78, 5) is 28.5. The van der Waals surface area contributed by atoms with Crippen LogP contribution < -0.4 is 10.6 Å². The van der Waals surface area contributed by atoms with E-state index in [4.69, 9.17) is 28.9 Å². The van der Waals surface area contributed by atoms with Crippen molar-refractivity contribution >= 4 is 53.1 Å². The lowest BCUT2D eigenvalue weighted by Gasteiger charge is -2.25. The fourth-order valence-corrected chi connectivity index (χ4v) is 4.29. The number of hydrogen-bond donors (Lipinski definition) is 1. The number of halogens is 4. The average molecular weight is 475 g/mol. The summed E-state index contributed by atoms with van der Waals surface area (Å²) in [5.41, 5.74) is 3.21. The van der Waals surface area contributed by atoms with Gasteiger partial charge in [-0.25, -0.2) is 4.39 Å². The first-order chi connectivity index (χ1) is 13.7. The predicted octanol–water partition coefficient (Wildman–Crippen LogP) is 4.42. The molecule has 2 aromatic rings. The number of nitrogens with zero attached hydrogens (tertiary/aromatic N) is 2. The number of fused-ring (bicyclic) bond motifs is 1. The van der Waals surface area contributed by atoms with Gasteiger partial charge in [0.15, 0.2) is 0 Å². The van der Waals surface area contributed by atoms with Gasteiger partial charge in [-0.3, -0.25) is 9.59 Å². The quantitative estimate of drug-likeness (QED) is 0.646. The van der Waals surface area contributed by atoms with E-state index in [1.807, 2.05) is 13.8 Å². The Morgan fingerprint density at radius 1 is 1.17 bits per heavy atom. The molecule has 162 valence electrons. The molecule has 0 bridgehead atoms. The summed E-state index contributed by atoms with van der Waals surface area (Å²) in [5.74, 6) is -1.49. The minimum absolute atomic E-state index is 0. The molecule has 0 aliphatic carbocycles. The zero-order chi connectivity index (χ0) is 21.3. The molecule has 3 rings (SSSR count). The SMILES string of the molecule is CCN(CC)CCN1C(=O)C(F)(c2ccccc2Cl)c2c(Cl)cc(C(N)=O)cc21.Cl. The number of benzene rings is 2. The van der Waals surface area contributed by atoms with Crippen molar-refractivity contribution in [3.8, 4) is 0 Å². The van der Waals surface area contributed by atoms with E-state index in [0.717, 1.165) is 13.1 Å². The van der Waals surface area contributed by atoms with E-state index in [0.29, 0.717) is 6.54 Å². The number of alkyl halides is 1. The Hall–Kier alpha value is -1.86. The van der Waals surface area contributed by atoms with Crippen LogP contribution in [0.15, 0.2) is 36.4 Å². The van der Waals surface area contributed by atoms with Crippen LogP contribution >= 0.6 is 35.6 Å². The highest BCUT2D eigenvalue weighted by molar-refractivity contribution is 6.35. The molecule has 0 fully saturated rings. The van der Waals surface area contributed by atoms with Crippen molar-refractivity contribution in [3.63, 3.8) is 0 Å². The van der Waals surface area contributed by atoms with Crippen LogP contribution in [0.1, 0.15) is 35.3 Å². The van der Waals surface area contributed by atoms with E-state index in [-0.39, 0.29) is 51.4 Å². The number of likely N-dealkylation sites (N-methyl/N-ethyl adjacent to an activating group) is 1. The highest BCUT2D eigenvalue weighted by Crippen LogP contribution is 2.52. The Labute approximate surface area is 191 Å². The van der Waals surface area contributed by atoms with Crippen LogP contribution in [0.2, 0.25) is 10.0 Å². The zero-order valence-corrected chi connectivity index (χ0v) is 19.0. The third kappa shape index (κ3) is 4.02. The molecule has 1 heterocycles. The van der Waals surface area contributed by atoms with Gasteiger partial charge in [0, 0.05) is 34.8 Å². The number of hydrogen-bond acceptors (Lipinski definition) is 3. The van der Waals surface area contributed by atoms with Crippen molar-refractivity contribution in [1.82, 2.24) is 4.90 Å². The largest absolute Gasteiger partial charge is 0.366 e. The highest BCUT2D eigenvalue weighted by atomic mass is 35.5. The summed E-state index contributed by atoms with van der Waals surface area (Å²) in [6.07, 6.45) is 0. The Kier molecular flexibility index (Phi) is 7.74. The third-order valence-corrected chi connectivity index (χ3v) is 5.94. The molecule has 1 aliphatic rings. The van der Waals surface area contributed by atoms with Crippen molar-refractivity contribution in [2.75, 3.05) is 31.1 Å². The topological polar surface area (TPSA) is 66.6 Å². The smallest absolute Gasteiger partial charge is 0.274 e. The van der Waals surface area contributed by atoms with E-state index in [9.17, 15) is 9.59 Å². The van der Waals surface area contributed by atoms with E-state index in [1.54, 1.807) is 12.1 Å². The molecule has 0 radical (unpaired) electrons. The van der Waals surface area contributed by atoms with Crippen LogP contribution in [0.3, 0.4) is 0 Å². The molecular formula is C21H23Cl3FN3O2. The minimum Gasteiger partial charge on any atom is -0.366 e. The molecule has 0 aromatic heterocycles. The molecule has 9 heteroatoms. The molecule has 0 saturated heterocycles. The van der Waals surface area contributed by atoms with Crippen molar-refractivity contribution in [2.24, 2.45) is 5.73 Å². The molecule has 1 aliphatic heterocycles. The number of carbonyl (C=O) groups is 2. The van der Waals surface area contributed by atoms with E-state index in [2.05, 4.69) is 4.90 Å². The number of carbonyl (C=O) groups excluding carboxylic acids is 2. The first-order valence-corrected chi connectivity index (χ1v) is 10.1. The number of anilines is 1. The molecule has 0 spiro atoms. The summed E-state index contributed by atoms with van der Waals surface area (Å²) in [6, 6.07) is 8.97. The first kappa shape index (κ1) is 24.4. The lowest BCUT2D eigenvalue weighted by molar-refractivity contribution is -0.126. The van der Waals surface area contributed by atoms with Gasteiger partial charge in [0.25, 0.3) is 5.91 Å². The Morgan fingerprint density at radius 3 is 2.37 bits per heavy atom. The van der Waals surface area contributed by atoms with Crippen molar-refractivity contribution in [1.29, 1.82) is 0 Å². The van der Waals surface area contributed by atoms with Crippen molar-refractivity contribution < 1.29 is 14.0 Å². The lowest BCUT2D eigenvalue weighted by Crippen LogP contribution is -2.42. The van der Waals surface area contributed by atoms with Gasteiger partial charge < -0.3 is 15.5 Å². The van der Waals surface area contributed by atoms with Crippen LogP contribution in [0.5, 0.6) is 0 Å². The lowest BCUT2D eigenvalue weighted by atomic mass is 9.88. The van der Waals surface area contributed by atoms with E-state index >= 15 is 4.39 Å². The molecule has 5 nitrogen and oxygen atoms in total. The Morgan fingerprint density at radius 2 is 1.80 bits per heavy atom. The summed E-state index contributed by atoms with van der Waals surface area (Å²) >= 11 is 12.6. The van der Waals surface area contributed by atoms with Gasteiger partial charge in [-0.05, 0) is 31.3 Å². The predicted molar refractivity (Wildman–Crippen MR) is 121 cm³/mol. The van der Waals surface area contributed by atoms with Gasteiger partial charge >= 0.3 is 0 Å².